The number of fused-ring (bicyclic) bond motifs is 1. The van der Waals surface area contributed by atoms with Crippen molar-refractivity contribution in [3.05, 3.63) is 53.3 Å². The van der Waals surface area contributed by atoms with Gasteiger partial charge in [0, 0.05) is 30.3 Å². The van der Waals surface area contributed by atoms with Crippen LogP contribution in [0.1, 0.15) is 45.7 Å². The van der Waals surface area contributed by atoms with Crippen LogP contribution < -0.4 is 15.8 Å². The number of aliphatic imine (C=N–C) groups is 1. The number of carbonyl (C=O) groups is 1. The fourth-order valence-electron chi connectivity index (χ4n) is 4.42. The summed E-state index contributed by atoms with van der Waals surface area (Å²) in [5.74, 6) is 0.227. The van der Waals surface area contributed by atoms with Crippen molar-refractivity contribution in [1.29, 1.82) is 0 Å². The highest BCUT2D eigenvalue weighted by Gasteiger charge is 2.53. The van der Waals surface area contributed by atoms with Gasteiger partial charge in [0.25, 0.3) is 0 Å². The molecule has 31 heavy (non-hydrogen) atoms. The monoisotopic (exact) mass is 424 g/mol. The lowest BCUT2D eigenvalue weighted by Gasteiger charge is -2.46. The maximum atomic E-state index is 15.1. The van der Waals surface area contributed by atoms with Crippen LogP contribution in [0.15, 0.2) is 41.4 Å². The van der Waals surface area contributed by atoms with Crippen molar-refractivity contribution in [1.82, 2.24) is 4.90 Å². The van der Waals surface area contributed by atoms with Crippen molar-refractivity contribution in [3.8, 4) is 5.75 Å². The van der Waals surface area contributed by atoms with Gasteiger partial charge in [-0.25, -0.2) is 9.38 Å². The van der Waals surface area contributed by atoms with E-state index in [1.54, 1.807) is 40.0 Å². The van der Waals surface area contributed by atoms with Crippen molar-refractivity contribution < 1.29 is 13.9 Å². The molecule has 164 valence electrons. The molecule has 0 aliphatic carbocycles. The van der Waals surface area contributed by atoms with Crippen molar-refractivity contribution in [3.63, 3.8) is 0 Å². The molecule has 0 spiro atoms. The van der Waals surface area contributed by atoms with E-state index in [2.05, 4.69) is 30.2 Å². The summed E-state index contributed by atoms with van der Waals surface area (Å²) in [5.41, 5.74) is 6.49. The summed E-state index contributed by atoms with van der Waals surface area (Å²) in [4.78, 5) is 18.8. The topological polar surface area (TPSA) is 80.0 Å². The second kappa shape index (κ2) is 6.70. The number of carbonyl (C=O) groups excluding carboxylic acids is 1. The zero-order valence-corrected chi connectivity index (χ0v) is 18.8. The highest BCUT2D eigenvalue weighted by atomic mass is 19.1. The molecule has 1 atom stereocenters. The molecule has 2 aromatic rings. The number of para-hydroxylation sites is 1. The van der Waals surface area contributed by atoms with Gasteiger partial charge in [0.05, 0.1) is 11.1 Å². The summed E-state index contributed by atoms with van der Waals surface area (Å²) in [5, 5.41) is 3.36. The van der Waals surface area contributed by atoms with Crippen LogP contribution in [0, 0.1) is 11.2 Å². The maximum Gasteiger partial charge on any atom is 0.237 e. The van der Waals surface area contributed by atoms with E-state index in [1.165, 1.54) is 11.0 Å². The molecule has 0 fully saturated rings. The van der Waals surface area contributed by atoms with Crippen LogP contribution in [0.3, 0.4) is 0 Å². The fraction of sp³-hybridized carbons (Fsp3) is 0.417. The lowest BCUT2D eigenvalue weighted by molar-refractivity contribution is -0.140. The summed E-state index contributed by atoms with van der Waals surface area (Å²) in [7, 11) is 1.58. The number of hydrogen-bond acceptors (Lipinski definition) is 5. The molecule has 7 heteroatoms. The molecule has 0 bridgehead atoms. The molecule has 0 aromatic heterocycles. The third kappa shape index (κ3) is 3.23. The van der Waals surface area contributed by atoms with Crippen LogP contribution >= 0.6 is 0 Å². The van der Waals surface area contributed by atoms with E-state index < -0.39 is 16.8 Å². The van der Waals surface area contributed by atoms with Gasteiger partial charge in [0.2, 0.25) is 5.91 Å². The van der Waals surface area contributed by atoms with Crippen LogP contribution in [-0.2, 0) is 16.8 Å². The van der Waals surface area contributed by atoms with Crippen LogP contribution in [0.2, 0.25) is 0 Å². The van der Waals surface area contributed by atoms with Gasteiger partial charge in [-0.15, -0.1) is 0 Å². The number of nitrogens with zero attached hydrogens (tertiary/aromatic N) is 2. The zero-order chi connectivity index (χ0) is 22.8. The van der Waals surface area contributed by atoms with Gasteiger partial charge in [-0.2, -0.15) is 0 Å². The second-order valence-electron chi connectivity index (χ2n) is 9.68. The fourth-order valence-corrected chi connectivity index (χ4v) is 4.42. The first-order chi connectivity index (χ1) is 14.4. The molecule has 0 saturated heterocycles. The molecule has 4 rings (SSSR count). The Morgan fingerprint density at radius 1 is 1.16 bits per heavy atom. The quantitative estimate of drug-likeness (QED) is 0.769. The number of anilines is 2. The van der Waals surface area contributed by atoms with Gasteiger partial charge in [0.15, 0.2) is 5.96 Å². The molecular weight excluding hydrogens is 395 g/mol. The summed E-state index contributed by atoms with van der Waals surface area (Å²) < 4.78 is 21.2. The molecular formula is C24H29FN4O2. The summed E-state index contributed by atoms with van der Waals surface area (Å²) in [6.45, 7) is 9.38. The minimum atomic E-state index is -1.17. The Morgan fingerprint density at radius 3 is 2.58 bits per heavy atom. The van der Waals surface area contributed by atoms with Gasteiger partial charge >= 0.3 is 0 Å². The lowest BCUT2D eigenvalue weighted by Crippen LogP contribution is -2.58. The minimum Gasteiger partial charge on any atom is -0.485 e. The van der Waals surface area contributed by atoms with Gasteiger partial charge < -0.3 is 15.8 Å². The molecule has 0 saturated carbocycles. The van der Waals surface area contributed by atoms with Crippen LogP contribution in [0.5, 0.6) is 5.75 Å². The Labute approximate surface area is 182 Å². The van der Waals surface area contributed by atoms with E-state index >= 15 is 4.39 Å². The number of rotatable bonds is 3. The standard InChI is InChI=1S/C24H29FN4O2/c1-22(2)13-14-8-7-9-18(19(14)31-22)27-15-10-11-17(25)16(12-15)24(5)23(3,4)20(30)29(6)21(26)28-24/h7-12,27H,13H2,1-6H3,(H2,26,28). The molecule has 2 heterocycles. The Balaban J connectivity index is 1.77. The lowest BCUT2D eigenvalue weighted by atomic mass is 9.67. The molecule has 2 aliphatic rings. The molecule has 1 amide bonds. The number of hydrogen-bond donors (Lipinski definition) is 2. The smallest absolute Gasteiger partial charge is 0.237 e. The number of halogens is 1. The average molecular weight is 425 g/mol. The van der Waals surface area contributed by atoms with Gasteiger partial charge in [0.1, 0.15) is 22.7 Å². The number of guanidine groups is 1. The molecule has 6 nitrogen and oxygen atoms in total. The molecule has 2 aliphatic heterocycles. The molecule has 3 N–H and O–H groups in total. The summed E-state index contributed by atoms with van der Waals surface area (Å²) >= 11 is 0. The zero-order valence-electron chi connectivity index (χ0n) is 18.8. The third-order valence-electron chi connectivity index (χ3n) is 6.60. The van der Waals surface area contributed by atoms with Crippen molar-refractivity contribution >= 4 is 23.2 Å². The maximum absolute atomic E-state index is 15.1. The Morgan fingerprint density at radius 2 is 1.87 bits per heavy atom. The first-order valence-corrected chi connectivity index (χ1v) is 10.4. The summed E-state index contributed by atoms with van der Waals surface area (Å²) in [6.07, 6.45) is 0.822. The van der Waals surface area contributed by atoms with Crippen LogP contribution in [0.25, 0.3) is 0 Å². The van der Waals surface area contributed by atoms with Crippen LogP contribution in [-0.4, -0.2) is 29.4 Å². The van der Waals surface area contributed by atoms with E-state index in [0.717, 1.165) is 23.4 Å². The van der Waals surface area contributed by atoms with Crippen molar-refractivity contribution in [2.45, 2.75) is 52.2 Å². The average Bonchev–Trinajstić information content (AvgIpc) is 3.01. The van der Waals surface area contributed by atoms with Crippen molar-refractivity contribution in [2.75, 3.05) is 12.4 Å². The van der Waals surface area contributed by atoms with Gasteiger partial charge in [-0.05, 0) is 58.9 Å². The second-order valence-corrected chi connectivity index (χ2v) is 9.68. The normalized spacial score (nSPS) is 23.8. The van der Waals surface area contributed by atoms with E-state index in [1.807, 2.05) is 12.1 Å². The number of nitrogens with two attached hydrogens (primary N) is 1. The van der Waals surface area contributed by atoms with Gasteiger partial charge in [-0.3, -0.25) is 9.69 Å². The highest BCUT2D eigenvalue weighted by molar-refractivity contribution is 6.01. The summed E-state index contributed by atoms with van der Waals surface area (Å²) in [6, 6.07) is 10.7. The minimum absolute atomic E-state index is 0.0705. The van der Waals surface area contributed by atoms with Crippen molar-refractivity contribution in [2.24, 2.45) is 16.1 Å². The van der Waals surface area contributed by atoms with E-state index in [4.69, 9.17) is 10.5 Å². The first-order valence-electron chi connectivity index (χ1n) is 10.4. The first kappa shape index (κ1) is 21.2. The largest absolute Gasteiger partial charge is 0.485 e. The van der Waals surface area contributed by atoms with Crippen LogP contribution in [0.4, 0.5) is 15.8 Å². The molecule has 1 unspecified atom stereocenters. The Hall–Kier alpha value is -3.09. The van der Waals surface area contributed by atoms with E-state index in [9.17, 15) is 4.79 Å². The SMILES string of the molecule is CN1C(=O)C(C)(C)C(C)(c2cc(Nc3cccc4c3OC(C)(C)C4)ccc2F)N=C1N. The van der Waals surface area contributed by atoms with E-state index in [-0.39, 0.29) is 17.5 Å². The third-order valence-corrected chi connectivity index (χ3v) is 6.60. The predicted molar refractivity (Wildman–Crippen MR) is 120 cm³/mol. The molecule has 2 aromatic carbocycles. The Kier molecular flexibility index (Phi) is 4.57. The number of benzene rings is 2. The predicted octanol–water partition coefficient (Wildman–Crippen LogP) is 4.31. The highest BCUT2D eigenvalue weighted by Crippen LogP contribution is 2.48. The molecule has 0 radical (unpaired) electrons. The number of amides is 1. The van der Waals surface area contributed by atoms with Gasteiger partial charge in [-0.1, -0.05) is 12.1 Å². The van der Waals surface area contributed by atoms with E-state index in [0.29, 0.717) is 11.3 Å². The Bertz CT molecular complexity index is 1110. The number of ether oxygens (including phenoxy) is 1. The number of nitrogens with one attached hydrogen (secondary N) is 1.